The highest BCUT2D eigenvalue weighted by Crippen LogP contribution is 2.52. The number of Topliss-reactive ketones (excluding diaryl/α,β-unsaturated/α-hetero) is 2. The number of ether oxygens (including phenoxy) is 1. The van der Waals surface area contributed by atoms with E-state index in [1.807, 2.05) is 0 Å². The fourth-order valence-electron chi connectivity index (χ4n) is 6.23. The van der Waals surface area contributed by atoms with E-state index < -0.39 is 58.7 Å². The Morgan fingerprint density at radius 3 is 2.55 bits per heavy atom. The van der Waals surface area contributed by atoms with Gasteiger partial charge in [0.2, 0.25) is 5.91 Å². The molecule has 5 atom stereocenters. The highest BCUT2D eigenvalue weighted by Gasteiger charge is 2.62. The number of aromatic hydroxyl groups is 1. The first-order chi connectivity index (χ1) is 18.0. The topological polar surface area (TPSA) is 184 Å². The summed E-state index contributed by atoms with van der Waals surface area (Å²) in [6.07, 6.45) is -1.38. The van der Waals surface area contributed by atoms with Gasteiger partial charge < -0.3 is 30.9 Å². The van der Waals surface area contributed by atoms with Crippen molar-refractivity contribution in [2.75, 3.05) is 6.61 Å². The van der Waals surface area contributed by atoms with E-state index in [9.17, 15) is 39.6 Å². The maximum absolute atomic E-state index is 13.7. The molecule has 0 radical (unpaired) electrons. The first-order valence-corrected chi connectivity index (χ1v) is 12.3. The van der Waals surface area contributed by atoms with Crippen LogP contribution in [0.15, 0.2) is 47.7 Å². The lowest BCUT2D eigenvalue weighted by Gasteiger charge is -2.48. The molecule has 6 N–H and O–H groups in total. The number of hydrogen-bond donors (Lipinski definition) is 5. The summed E-state index contributed by atoms with van der Waals surface area (Å²) in [5.41, 5.74) is 4.42. The van der Waals surface area contributed by atoms with Crippen molar-refractivity contribution in [3.63, 3.8) is 0 Å². The number of amides is 1. The standard InChI is InChI=1S/C28H27NO9/c1-2-38-27(36)13-5-3-4-12(8-13)16-6-7-18(30)21-17(16)10-14-9-15-11-19(31)22(26(29)35)25(34)28(15,37)24(33)20(14)23(21)32/h3-8,14-15,19,22,30-31,33,37H,2,9-11H2,1H3,(H2,29,35)/t14-,15+,19?,22?,28+/m1/s1. The number of phenols is 1. The fourth-order valence-corrected chi connectivity index (χ4v) is 6.23. The number of ketones is 2. The molecule has 38 heavy (non-hydrogen) atoms. The molecule has 2 aromatic rings. The van der Waals surface area contributed by atoms with Gasteiger partial charge in [0.25, 0.3) is 0 Å². The van der Waals surface area contributed by atoms with Crippen molar-refractivity contribution in [3.05, 3.63) is 64.4 Å². The number of allylic oxidation sites excluding steroid dienone is 1. The Hall–Kier alpha value is -4.02. The molecule has 3 aliphatic carbocycles. The van der Waals surface area contributed by atoms with Crippen molar-refractivity contribution < 1.29 is 44.3 Å². The van der Waals surface area contributed by atoms with Crippen LogP contribution in [0.25, 0.3) is 11.1 Å². The molecule has 0 aliphatic heterocycles. The lowest BCUT2D eigenvalue weighted by Crippen LogP contribution is -2.63. The molecule has 1 saturated carbocycles. The van der Waals surface area contributed by atoms with Crippen LogP contribution in [-0.2, 0) is 20.7 Å². The second kappa shape index (κ2) is 9.07. The van der Waals surface area contributed by atoms with Crippen molar-refractivity contribution >= 4 is 23.4 Å². The Morgan fingerprint density at radius 1 is 1.13 bits per heavy atom. The molecule has 0 spiro atoms. The van der Waals surface area contributed by atoms with Crippen LogP contribution in [0, 0.1) is 17.8 Å². The van der Waals surface area contributed by atoms with Crippen molar-refractivity contribution in [2.45, 2.75) is 37.9 Å². The predicted molar refractivity (Wildman–Crippen MR) is 132 cm³/mol. The number of nitrogens with two attached hydrogens (primary N) is 1. The van der Waals surface area contributed by atoms with Gasteiger partial charge in [-0.1, -0.05) is 18.2 Å². The molecule has 0 heterocycles. The monoisotopic (exact) mass is 521 g/mol. The third-order valence-electron chi connectivity index (χ3n) is 7.96. The minimum absolute atomic E-state index is 0.0628. The molecule has 10 heteroatoms. The zero-order valence-corrected chi connectivity index (χ0v) is 20.5. The third-order valence-corrected chi connectivity index (χ3v) is 7.96. The number of carbonyl (C=O) groups excluding carboxylic acids is 4. The fraction of sp³-hybridized carbons (Fsp3) is 0.357. The molecule has 0 saturated heterocycles. The Kier molecular flexibility index (Phi) is 6.12. The van der Waals surface area contributed by atoms with Gasteiger partial charge in [0.05, 0.1) is 23.8 Å². The minimum atomic E-state index is -2.56. The second-order valence-electron chi connectivity index (χ2n) is 10.0. The van der Waals surface area contributed by atoms with Crippen molar-refractivity contribution in [1.82, 2.24) is 0 Å². The normalized spacial score (nSPS) is 28.3. The number of primary amides is 1. The van der Waals surface area contributed by atoms with E-state index in [0.717, 1.165) is 0 Å². The smallest absolute Gasteiger partial charge is 0.338 e. The molecule has 0 bridgehead atoms. The summed E-state index contributed by atoms with van der Waals surface area (Å²) >= 11 is 0. The number of hydrogen-bond acceptors (Lipinski definition) is 9. The molecule has 1 amide bonds. The number of fused-ring (bicyclic) bond motifs is 3. The summed E-state index contributed by atoms with van der Waals surface area (Å²) in [5, 5.41) is 43.6. The van der Waals surface area contributed by atoms with Gasteiger partial charge in [-0.15, -0.1) is 0 Å². The number of aliphatic hydroxyl groups excluding tert-OH is 2. The molecule has 198 valence electrons. The lowest BCUT2D eigenvalue weighted by molar-refractivity contribution is -0.167. The maximum atomic E-state index is 13.7. The summed E-state index contributed by atoms with van der Waals surface area (Å²) in [5.74, 6) is -8.09. The third kappa shape index (κ3) is 3.63. The van der Waals surface area contributed by atoms with E-state index in [2.05, 4.69) is 0 Å². The number of rotatable bonds is 4. The van der Waals surface area contributed by atoms with Gasteiger partial charge in [0, 0.05) is 11.5 Å². The zero-order valence-electron chi connectivity index (χ0n) is 20.5. The average Bonchev–Trinajstić information content (AvgIpc) is 2.86. The van der Waals surface area contributed by atoms with Crippen molar-refractivity contribution in [1.29, 1.82) is 0 Å². The quantitative estimate of drug-likeness (QED) is 0.294. The maximum Gasteiger partial charge on any atom is 0.338 e. The van der Waals surface area contributed by atoms with E-state index in [0.29, 0.717) is 22.3 Å². The van der Waals surface area contributed by atoms with Crippen molar-refractivity contribution in [2.24, 2.45) is 23.5 Å². The number of aliphatic hydroxyl groups is 3. The Labute approximate surface area is 217 Å². The van der Waals surface area contributed by atoms with Gasteiger partial charge in [-0.25, -0.2) is 4.79 Å². The van der Waals surface area contributed by atoms with E-state index in [4.69, 9.17) is 10.5 Å². The first kappa shape index (κ1) is 25.6. The molecule has 5 rings (SSSR count). The number of esters is 1. The Bertz CT molecular complexity index is 1430. The summed E-state index contributed by atoms with van der Waals surface area (Å²) in [4.78, 5) is 50.9. The van der Waals surface area contributed by atoms with Gasteiger partial charge in [-0.05, 0) is 67.0 Å². The number of phenolic OH excluding ortho intramolecular Hbond substituents is 1. The van der Waals surface area contributed by atoms with Crippen LogP contribution in [0.2, 0.25) is 0 Å². The van der Waals surface area contributed by atoms with E-state index in [1.54, 1.807) is 37.3 Å². The van der Waals surface area contributed by atoms with Gasteiger partial charge >= 0.3 is 5.97 Å². The Morgan fingerprint density at radius 2 is 1.87 bits per heavy atom. The van der Waals surface area contributed by atoms with Gasteiger partial charge in [0.1, 0.15) is 17.4 Å². The first-order valence-electron chi connectivity index (χ1n) is 12.3. The highest BCUT2D eigenvalue weighted by molar-refractivity contribution is 6.16. The molecule has 1 fully saturated rings. The van der Waals surface area contributed by atoms with Crippen LogP contribution in [0.4, 0.5) is 0 Å². The number of benzene rings is 2. The average molecular weight is 522 g/mol. The van der Waals surface area contributed by atoms with Crippen LogP contribution in [0.5, 0.6) is 5.75 Å². The second-order valence-corrected chi connectivity index (χ2v) is 10.0. The molecule has 10 nitrogen and oxygen atoms in total. The Balaban J connectivity index is 1.63. The molecule has 2 aromatic carbocycles. The predicted octanol–water partition coefficient (Wildman–Crippen LogP) is 1.59. The van der Waals surface area contributed by atoms with Crippen LogP contribution in [0.1, 0.15) is 46.0 Å². The van der Waals surface area contributed by atoms with Crippen LogP contribution >= 0.6 is 0 Å². The summed E-state index contributed by atoms with van der Waals surface area (Å²) in [6.45, 7) is 1.90. The molecule has 3 aliphatic rings. The SMILES string of the molecule is CCOC(=O)c1cccc(-c2ccc(O)c3c2C[C@H]2C[C@H]4CC(O)C(C(N)=O)C(=O)[C@@]4(O)C(O)=C2C3=O)c1. The van der Waals surface area contributed by atoms with Gasteiger partial charge in [-0.2, -0.15) is 0 Å². The van der Waals surface area contributed by atoms with Gasteiger partial charge in [-0.3, -0.25) is 14.4 Å². The van der Waals surface area contributed by atoms with Crippen LogP contribution in [0.3, 0.4) is 0 Å². The molecular weight excluding hydrogens is 494 g/mol. The largest absolute Gasteiger partial charge is 0.508 e. The summed E-state index contributed by atoms with van der Waals surface area (Å²) in [6, 6.07) is 9.61. The number of carbonyl (C=O) groups is 4. The van der Waals surface area contributed by atoms with Gasteiger partial charge in [0.15, 0.2) is 17.2 Å². The molecular formula is C28H27NO9. The minimum Gasteiger partial charge on any atom is -0.508 e. The van der Waals surface area contributed by atoms with Crippen LogP contribution < -0.4 is 5.73 Å². The summed E-state index contributed by atoms with van der Waals surface area (Å²) < 4.78 is 5.08. The zero-order chi connectivity index (χ0) is 27.5. The van der Waals surface area contributed by atoms with Crippen molar-refractivity contribution in [3.8, 4) is 16.9 Å². The van der Waals surface area contributed by atoms with Crippen LogP contribution in [-0.4, -0.2) is 62.2 Å². The van der Waals surface area contributed by atoms with E-state index in [-0.39, 0.29) is 42.8 Å². The molecule has 0 aromatic heterocycles. The molecule has 2 unspecified atom stereocenters. The summed E-state index contributed by atoms with van der Waals surface area (Å²) in [7, 11) is 0. The van der Waals surface area contributed by atoms with E-state index >= 15 is 0 Å². The lowest BCUT2D eigenvalue weighted by atomic mass is 9.57. The van der Waals surface area contributed by atoms with E-state index in [1.165, 1.54) is 6.07 Å². The highest BCUT2D eigenvalue weighted by atomic mass is 16.5.